The van der Waals surface area contributed by atoms with E-state index in [1.165, 1.54) is 0 Å². The summed E-state index contributed by atoms with van der Waals surface area (Å²) in [4.78, 5) is 2.04. The first-order chi connectivity index (χ1) is 6.65. The molecule has 0 saturated carbocycles. The lowest BCUT2D eigenvalue weighted by Gasteiger charge is -2.41. The zero-order valence-corrected chi connectivity index (χ0v) is 8.08. The van der Waals surface area contributed by atoms with E-state index in [0.717, 1.165) is 6.54 Å². The van der Waals surface area contributed by atoms with E-state index in [1.54, 1.807) is 6.08 Å². The molecular formula is C10H17NO3. The maximum Gasteiger partial charge on any atom is 0.0985 e. The predicted octanol–water partition coefficient (Wildman–Crippen LogP) is -1.04. The van der Waals surface area contributed by atoms with Gasteiger partial charge in [-0.1, -0.05) is 6.08 Å². The van der Waals surface area contributed by atoms with Gasteiger partial charge in [-0.3, -0.25) is 4.90 Å². The molecule has 0 amide bonds. The average molecular weight is 199 g/mol. The van der Waals surface area contributed by atoms with Crippen molar-refractivity contribution in [1.29, 1.82) is 0 Å². The molecule has 2 saturated heterocycles. The number of aliphatic hydroxyl groups excluding tert-OH is 3. The van der Waals surface area contributed by atoms with E-state index < -0.39 is 18.3 Å². The molecule has 2 aliphatic heterocycles. The number of nitrogens with zero attached hydrogens (tertiary/aromatic N) is 1. The molecule has 0 spiro atoms. The highest BCUT2D eigenvalue weighted by atomic mass is 16.3. The molecule has 0 aromatic carbocycles. The Morgan fingerprint density at radius 1 is 1.21 bits per heavy atom. The molecule has 4 heteroatoms. The summed E-state index contributed by atoms with van der Waals surface area (Å²) in [5.41, 5.74) is 0. The second-order valence-corrected chi connectivity index (χ2v) is 4.22. The maximum absolute atomic E-state index is 9.82. The van der Waals surface area contributed by atoms with Crippen molar-refractivity contribution in [3.8, 4) is 0 Å². The van der Waals surface area contributed by atoms with Crippen molar-refractivity contribution in [3.05, 3.63) is 12.7 Å². The number of aliphatic hydroxyl groups is 3. The zero-order valence-electron chi connectivity index (χ0n) is 8.08. The highest BCUT2D eigenvalue weighted by Gasteiger charge is 2.47. The minimum Gasteiger partial charge on any atom is -0.391 e. The molecule has 0 aromatic rings. The van der Waals surface area contributed by atoms with E-state index in [0.29, 0.717) is 13.0 Å². The van der Waals surface area contributed by atoms with E-state index in [-0.39, 0.29) is 12.0 Å². The Hall–Kier alpha value is -0.420. The summed E-state index contributed by atoms with van der Waals surface area (Å²) < 4.78 is 0. The number of hydrogen-bond acceptors (Lipinski definition) is 4. The first kappa shape index (κ1) is 10.1. The third-order valence-corrected chi connectivity index (χ3v) is 3.41. The van der Waals surface area contributed by atoms with Crippen molar-refractivity contribution in [2.45, 2.75) is 30.8 Å². The van der Waals surface area contributed by atoms with Crippen molar-refractivity contribution >= 4 is 0 Å². The monoisotopic (exact) mass is 199 g/mol. The largest absolute Gasteiger partial charge is 0.391 e. The second-order valence-electron chi connectivity index (χ2n) is 4.22. The zero-order chi connectivity index (χ0) is 10.3. The van der Waals surface area contributed by atoms with Gasteiger partial charge in [0.15, 0.2) is 0 Å². The van der Waals surface area contributed by atoms with E-state index in [1.807, 2.05) is 4.90 Å². The van der Waals surface area contributed by atoms with Crippen molar-refractivity contribution in [2.24, 2.45) is 5.92 Å². The minimum absolute atomic E-state index is 0.0912. The van der Waals surface area contributed by atoms with E-state index >= 15 is 0 Å². The first-order valence-corrected chi connectivity index (χ1v) is 5.06. The van der Waals surface area contributed by atoms with Crippen LogP contribution < -0.4 is 0 Å². The quantitative estimate of drug-likeness (QED) is 0.472. The fourth-order valence-electron chi connectivity index (χ4n) is 2.57. The summed E-state index contributed by atoms with van der Waals surface area (Å²) in [5.74, 6) is -0.0912. The lowest BCUT2D eigenvalue weighted by molar-refractivity contribution is -0.104. The number of rotatable bonds is 1. The number of piperidine rings is 1. The Kier molecular flexibility index (Phi) is 2.62. The van der Waals surface area contributed by atoms with Gasteiger partial charge in [0, 0.05) is 19.0 Å². The number of fused-ring (bicyclic) bond motifs is 1. The average Bonchev–Trinajstić information content (AvgIpc) is 2.54. The molecule has 0 bridgehead atoms. The summed E-state index contributed by atoms with van der Waals surface area (Å²) in [6, 6.07) is -0.291. The smallest absolute Gasteiger partial charge is 0.0985 e. The molecule has 0 aromatic heterocycles. The van der Waals surface area contributed by atoms with Gasteiger partial charge in [-0.05, 0) is 6.42 Å². The molecule has 2 rings (SSSR count). The summed E-state index contributed by atoms with van der Waals surface area (Å²) in [7, 11) is 0. The SMILES string of the molecule is C=CC1CN2CCC(O)C2C(O)C1O. The van der Waals surface area contributed by atoms with Crippen molar-refractivity contribution < 1.29 is 15.3 Å². The molecule has 2 aliphatic rings. The topological polar surface area (TPSA) is 63.9 Å². The summed E-state index contributed by atoms with van der Waals surface area (Å²) >= 11 is 0. The van der Waals surface area contributed by atoms with Crippen LogP contribution >= 0.6 is 0 Å². The van der Waals surface area contributed by atoms with Crippen molar-refractivity contribution in [2.75, 3.05) is 13.1 Å². The molecule has 2 fully saturated rings. The van der Waals surface area contributed by atoms with Gasteiger partial charge in [-0.2, -0.15) is 0 Å². The Morgan fingerprint density at radius 3 is 2.57 bits per heavy atom. The van der Waals surface area contributed by atoms with Crippen LogP contribution in [0.25, 0.3) is 0 Å². The van der Waals surface area contributed by atoms with Crippen LogP contribution in [-0.2, 0) is 0 Å². The number of hydrogen-bond donors (Lipinski definition) is 3. The normalized spacial score (nSPS) is 48.9. The third-order valence-electron chi connectivity index (χ3n) is 3.41. The fraction of sp³-hybridized carbons (Fsp3) is 0.800. The van der Waals surface area contributed by atoms with Gasteiger partial charge in [0.05, 0.1) is 24.4 Å². The summed E-state index contributed by atoms with van der Waals surface area (Å²) in [5, 5.41) is 29.2. The van der Waals surface area contributed by atoms with E-state index in [2.05, 4.69) is 6.58 Å². The van der Waals surface area contributed by atoms with Gasteiger partial charge >= 0.3 is 0 Å². The van der Waals surface area contributed by atoms with Gasteiger partial charge in [0.1, 0.15) is 0 Å². The second kappa shape index (κ2) is 3.62. The van der Waals surface area contributed by atoms with Crippen LogP contribution in [0.2, 0.25) is 0 Å². The van der Waals surface area contributed by atoms with Crippen molar-refractivity contribution in [3.63, 3.8) is 0 Å². The van der Waals surface area contributed by atoms with E-state index in [9.17, 15) is 15.3 Å². The Bertz CT molecular complexity index is 233. The third kappa shape index (κ3) is 1.39. The Balaban J connectivity index is 2.16. The highest BCUT2D eigenvalue weighted by Crippen LogP contribution is 2.31. The molecular weight excluding hydrogens is 182 g/mol. The minimum atomic E-state index is -0.857. The van der Waals surface area contributed by atoms with E-state index in [4.69, 9.17) is 0 Å². The molecule has 80 valence electrons. The van der Waals surface area contributed by atoms with Gasteiger partial charge in [-0.25, -0.2) is 0 Å². The molecule has 2 heterocycles. The lowest BCUT2D eigenvalue weighted by atomic mass is 9.87. The molecule has 14 heavy (non-hydrogen) atoms. The molecule has 4 nitrogen and oxygen atoms in total. The molecule has 3 N–H and O–H groups in total. The van der Waals surface area contributed by atoms with Crippen LogP contribution in [-0.4, -0.2) is 57.7 Å². The van der Waals surface area contributed by atoms with Gasteiger partial charge in [0.2, 0.25) is 0 Å². The van der Waals surface area contributed by atoms with Gasteiger partial charge < -0.3 is 15.3 Å². The van der Waals surface area contributed by atoms with Gasteiger partial charge in [0.25, 0.3) is 0 Å². The van der Waals surface area contributed by atoms with Crippen LogP contribution in [0, 0.1) is 5.92 Å². The Morgan fingerprint density at radius 2 is 1.93 bits per heavy atom. The Labute approximate surface area is 83.5 Å². The van der Waals surface area contributed by atoms with Crippen LogP contribution in [0.3, 0.4) is 0 Å². The standard InChI is InChI=1S/C10H17NO3/c1-2-6-5-11-4-3-7(12)8(11)10(14)9(6)13/h2,6-10,12-14H,1,3-5H2. The summed E-state index contributed by atoms with van der Waals surface area (Å²) in [6.45, 7) is 5.12. The summed E-state index contributed by atoms with van der Waals surface area (Å²) in [6.07, 6.45) is 0.198. The molecule has 0 radical (unpaired) electrons. The predicted molar refractivity (Wildman–Crippen MR) is 51.7 cm³/mol. The van der Waals surface area contributed by atoms with Gasteiger partial charge in [-0.15, -0.1) is 6.58 Å². The van der Waals surface area contributed by atoms with Crippen LogP contribution in [0.15, 0.2) is 12.7 Å². The maximum atomic E-state index is 9.82. The first-order valence-electron chi connectivity index (χ1n) is 5.06. The molecule has 0 aliphatic carbocycles. The fourth-order valence-corrected chi connectivity index (χ4v) is 2.57. The lowest BCUT2D eigenvalue weighted by Crippen LogP contribution is -2.58. The van der Waals surface area contributed by atoms with Crippen LogP contribution in [0.5, 0.6) is 0 Å². The highest BCUT2D eigenvalue weighted by molar-refractivity contribution is 5.04. The van der Waals surface area contributed by atoms with Crippen LogP contribution in [0.1, 0.15) is 6.42 Å². The van der Waals surface area contributed by atoms with Crippen LogP contribution in [0.4, 0.5) is 0 Å². The molecule has 5 unspecified atom stereocenters. The molecule has 5 atom stereocenters. The van der Waals surface area contributed by atoms with Crippen molar-refractivity contribution in [1.82, 2.24) is 4.90 Å².